The molecule has 1 aromatic heterocycles. The predicted molar refractivity (Wildman–Crippen MR) is 72.3 cm³/mol. The minimum Gasteiger partial charge on any atom is -0.375 e. The lowest BCUT2D eigenvalue weighted by molar-refractivity contribution is -0.0385. The predicted octanol–water partition coefficient (Wildman–Crippen LogP) is 2.49. The molecule has 0 aromatic carbocycles. The van der Waals surface area contributed by atoms with Gasteiger partial charge < -0.3 is 9.64 Å². The summed E-state index contributed by atoms with van der Waals surface area (Å²) in [5.74, 6) is 0.192. The Morgan fingerprint density at radius 1 is 1.44 bits per heavy atom. The Balaban J connectivity index is 1.80. The molecule has 0 unspecified atom stereocenters. The molecule has 0 N–H and O–H groups in total. The second-order valence-electron chi connectivity index (χ2n) is 5.36. The highest BCUT2D eigenvalue weighted by atomic mass is 32.1. The quantitative estimate of drug-likeness (QED) is 0.781. The van der Waals surface area contributed by atoms with E-state index < -0.39 is 0 Å². The van der Waals surface area contributed by atoms with Crippen molar-refractivity contribution in [3.63, 3.8) is 0 Å². The summed E-state index contributed by atoms with van der Waals surface area (Å²) in [7, 11) is 0. The summed E-state index contributed by atoms with van der Waals surface area (Å²) in [6.45, 7) is 5.45. The third-order valence-electron chi connectivity index (χ3n) is 3.83. The highest BCUT2D eigenvalue weighted by Gasteiger charge is 2.30. The van der Waals surface area contributed by atoms with E-state index in [1.54, 1.807) is 11.3 Å². The molecule has 2 aliphatic rings. The molecule has 1 saturated heterocycles. The number of carbonyl (C=O) groups excluding carboxylic acids is 1. The van der Waals surface area contributed by atoms with E-state index >= 15 is 0 Å². The van der Waals surface area contributed by atoms with Crippen LogP contribution in [0.2, 0.25) is 0 Å². The average molecular weight is 265 g/mol. The molecule has 2 atom stereocenters. The van der Waals surface area contributed by atoms with Crippen molar-refractivity contribution >= 4 is 17.2 Å². The Hall–Kier alpha value is -0.870. The number of nitrogens with zero attached hydrogens (tertiary/aromatic N) is 1. The van der Waals surface area contributed by atoms with Crippen LogP contribution in [0, 0.1) is 0 Å². The number of ether oxygens (including phenoxy) is 1. The van der Waals surface area contributed by atoms with Gasteiger partial charge in [0, 0.05) is 11.4 Å². The van der Waals surface area contributed by atoms with Gasteiger partial charge in [-0.1, -0.05) is 0 Å². The van der Waals surface area contributed by atoms with Crippen LogP contribution in [0.1, 0.15) is 40.4 Å². The van der Waals surface area contributed by atoms with Crippen molar-refractivity contribution in [2.24, 2.45) is 0 Å². The summed E-state index contributed by atoms with van der Waals surface area (Å²) in [5.41, 5.74) is 1.40. The zero-order valence-corrected chi connectivity index (χ0v) is 11.8. The molecule has 3 nitrogen and oxygen atoms in total. The SMILES string of the molecule is C[C@@H]1CN(C(=O)c2cc3c(s2)CCC3)[C@H](C)CO1. The number of thiophene rings is 1. The first kappa shape index (κ1) is 12.2. The lowest BCUT2D eigenvalue weighted by atomic mass is 10.2. The van der Waals surface area contributed by atoms with Crippen molar-refractivity contribution in [1.29, 1.82) is 0 Å². The second kappa shape index (κ2) is 4.67. The van der Waals surface area contributed by atoms with E-state index in [2.05, 4.69) is 13.0 Å². The zero-order chi connectivity index (χ0) is 12.7. The summed E-state index contributed by atoms with van der Waals surface area (Å²) < 4.78 is 5.58. The van der Waals surface area contributed by atoms with Crippen LogP contribution in [-0.2, 0) is 17.6 Å². The summed E-state index contributed by atoms with van der Waals surface area (Å²) >= 11 is 1.69. The first-order valence-electron chi connectivity index (χ1n) is 6.69. The van der Waals surface area contributed by atoms with Crippen molar-refractivity contribution in [1.82, 2.24) is 4.90 Å². The number of hydrogen-bond acceptors (Lipinski definition) is 3. The van der Waals surface area contributed by atoms with Crippen LogP contribution in [0.15, 0.2) is 6.07 Å². The molecule has 1 fully saturated rings. The van der Waals surface area contributed by atoms with Crippen LogP contribution in [-0.4, -0.2) is 36.1 Å². The first-order chi connectivity index (χ1) is 8.65. The summed E-state index contributed by atoms with van der Waals surface area (Å²) in [4.78, 5) is 16.9. The smallest absolute Gasteiger partial charge is 0.264 e. The number of amides is 1. The average Bonchev–Trinajstić information content (AvgIpc) is 2.91. The van der Waals surface area contributed by atoms with Crippen LogP contribution < -0.4 is 0 Å². The summed E-state index contributed by atoms with van der Waals surface area (Å²) in [5, 5.41) is 0. The van der Waals surface area contributed by atoms with Crippen molar-refractivity contribution in [3.05, 3.63) is 21.4 Å². The van der Waals surface area contributed by atoms with Gasteiger partial charge in [-0.25, -0.2) is 0 Å². The van der Waals surface area contributed by atoms with Crippen molar-refractivity contribution in [3.8, 4) is 0 Å². The first-order valence-corrected chi connectivity index (χ1v) is 7.51. The van der Waals surface area contributed by atoms with E-state index in [4.69, 9.17) is 4.74 Å². The van der Waals surface area contributed by atoms with E-state index in [-0.39, 0.29) is 18.1 Å². The molecule has 1 aliphatic heterocycles. The molecule has 98 valence electrons. The van der Waals surface area contributed by atoms with Gasteiger partial charge in [-0.15, -0.1) is 11.3 Å². The van der Waals surface area contributed by atoms with E-state index in [0.29, 0.717) is 13.2 Å². The molecule has 0 spiro atoms. The molecule has 1 amide bonds. The Kier molecular flexibility index (Phi) is 3.16. The molecule has 1 aromatic rings. The second-order valence-corrected chi connectivity index (χ2v) is 6.50. The third-order valence-corrected chi connectivity index (χ3v) is 5.05. The Labute approximate surface area is 112 Å². The number of rotatable bonds is 1. The van der Waals surface area contributed by atoms with Crippen LogP contribution in [0.25, 0.3) is 0 Å². The minimum absolute atomic E-state index is 0.150. The highest BCUT2D eigenvalue weighted by Crippen LogP contribution is 2.31. The summed E-state index contributed by atoms with van der Waals surface area (Å²) in [6, 6.07) is 2.30. The Bertz CT molecular complexity index is 447. The highest BCUT2D eigenvalue weighted by molar-refractivity contribution is 7.14. The maximum atomic E-state index is 12.5. The third kappa shape index (κ3) is 2.08. The van der Waals surface area contributed by atoms with Gasteiger partial charge in [0.05, 0.1) is 23.6 Å². The van der Waals surface area contributed by atoms with Crippen LogP contribution >= 0.6 is 11.3 Å². The normalized spacial score (nSPS) is 27.3. The molecule has 0 bridgehead atoms. The van der Waals surface area contributed by atoms with Gasteiger partial charge in [0.2, 0.25) is 0 Å². The molecule has 18 heavy (non-hydrogen) atoms. The standard InChI is InChI=1S/C14H19NO2S/c1-9-8-17-10(2)7-15(9)14(16)13-6-11-4-3-5-12(11)18-13/h6,9-10H,3-5,7-8H2,1-2H3/t9-,10-/m1/s1. The van der Waals surface area contributed by atoms with E-state index in [1.807, 2.05) is 11.8 Å². The fraction of sp³-hybridized carbons (Fsp3) is 0.643. The molecular weight excluding hydrogens is 246 g/mol. The molecule has 0 radical (unpaired) electrons. The number of aryl methyl sites for hydroxylation is 2. The molecule has 4 heteroatoms. The van der Waals surface area contributed by atoms with Gasteiger partial charge in [-0.3, -0.25) is 4.79 Å². The molecule has 3 rings (SSSR count). The van der Waals surface area contributed by atoms with Crippen LogP contribution in [0.5, 0.6) is 0 Å². The maximum absolute atomic E-state index is 12.5. The Morgan fingerprint density at radius 2 is 2.28 bits per heavy atom. The summed E-state index contributed by atoms with van der Waals surface area (Å²) in [6.07, 6.45) is 3.70. The number of fused-ring (bicyclic) bond motifs is 1. The number of carbonyl (C=O) groups is 1. The minimum atomic E-state index is 0.150. The fourth-order valence-electron chi connectivity index (χ4n) is 2.76. The lowest BCUT2D eigenvalue weighted by Gasteiger charge is -2.36. The van der Waals surface area contributed by atoms with Gasteiger partial charge in [0.1, 0.15) is 0 Å². The van der Waals surface area contributed by atoms with E-state index in [1.165, 1.54) is 16.9 Å². The van der Waals surface area contributed by atoms with Crippen molar-refractivity contribution < 1.29 is 9.53 Å². The van der Waals surface area contributed by atoms with Crippen LogP contribution in [0.3, 0.4) is 0 Å². The fourth-order valence-corrected chi connectivity index (χ4v) is 3.97. The molecule has 2 heterocycles. The number of hydrogen-bond donors (Lipinski definition) is 0. The molecule has 0 saturated carbocycles. The zero-order valence-electron chi connectivity index (χ0n) is 10.9. The van der Waals surface area contributed by atoms with Gasteiger partial charge >= 0.3 is 0 Å². The topological polar surface area (TPSA) is 29.5 Å². The molecular formula is C14H19NO2S. The van der Waals surface area contributed by atoms with Gasteiger partial charge in [-0.2, -0.15) is 0 Å². The van der Waals surface area contributed by atoms with Gasteiger partial charge in [-0.05, 0) is 44.7 Å². The van der Waals surface area contributed by atoms with Crippen LogP contribution in [0.4, 0.5) is 0 Å². The maximum Gasteiger partial charge on any atom is 0.264 e. The Morgan fingerprint density at radius 3 is 3.06 bits per heavy atom. The lowest BCUT2D eigenvalue weighted by Crippen LogP contribution is -2.50. The van der Waals surface area contributed by atoms with Gasteiger partial charge in [0.25, 0.3) is 5.91 Å². The van der Waals surface area contributed by atoms with Crippen molar-refractivity contribution in [2.75, 3.05) is 13.2 Å². The van der Waals surface area contributed by atoms with E-state index in [0.717, 1.165) is 17.7 Å². The van der Waals surface area contributed by atoms with Crippen molar-refractivity contribution in [2.45, 2.75) is 45.3 Å². The monoisotopic (exact) mass is 265 g/mol. The van der Waals surface area contributed by atoms with E-state index in [9.17, 15) is 4.79 Å². The number of morpholine rings is 1. The van der Waals surface area contributed by atoms with Gasteiger partial charge in [0.15, 0.2) is 0 Å². The largest absolute Gasteiger partial charge is 0.375 e. The molecule has 1 aliphatic carbocycles.